The Morgan fingerprint density at radius 2 is 0.929 bits per heavy atom. The highest BCUT2D eigenvalue weighted by Crippen LogP contribution is 2.49. The predicted octanol–water partition coefficient (Wildman–Crippen LogP) is 8.88. The number of hydrogen-bond donors (Lipinski definition) is 0. The van der Waals surface area contributed by atoms with Gasteiger partial charge >= 0.3 is 0 Å². The summed E-state index contributed by atoms with van der Waals surface area (Å²) in [4.78, 5) is 0. The van der Waals surface area contributed by atoms with Gasteiger partial charge in [-0.3, -0.25) is 0 Å². The Morgan fingerprint density at radius 3 is 1.52 bits per heavy atom. The zero-order chi connectivity index (χ0) is 28.4. The second kappa shape index (κ2) is 11.2. The van der Waals surface area contributed by atoms with Crippen molar-refractivity contribution in [3.05, 3.63) is 169 Å². The highest BCUT2D eigenvalue weighted by molar-refractivity contribution is 7.85. The molecule has 0 fully saturated rings. The van der Waals surface area contributed by atoms with Gasteiger partial charge < -0.3 is 9.30 Å². The summed E-state index contributed by atoms with van der Waals surface area (Å²) in [7, 11) is -3.31. The molecular weight excluding hydrogens is 531 g/mol. The number of hydrogen-bond acceptors (Lipinski definition) is 2. The van der Waals surface area contributed by atoms with E-state index in [1.54, 1.807) is 0 Å². The second-order valence-electron chi connectivity index (χ2n) is 10.4. The van der Waals surface area contributed by atoms with Crippen molar-refractivity contribution in [2.75, 3.05) is 0 Å². The summed E-state index contributed by atoms with van der Waals surface area (Å²) in [5.41, 5.74) is 3.00. The van der Waals surface area contributed by atoms with E-state index in [4.69, 9.17) is 4.74 Å². The van der Waals surface area contributed by atoms with Crippen LogP contribution in [0.4, 0.5) is 0 Å². The molecule has 0 atom stereocenters. The highest BCUT2D eigenvalue weighted by atomic mass is 31.2. The lowest BCUT2D eigenvalue weighted by Gasteiger charge is -2.26. The molecular formula is C39H29O2P. The summed E-state index contributed by atoms with van der Waals surface area (Å²) >= 11 is 0. The monoisotopic (exact) mass is 560 g/mol. The molecule has 0 saturated heterocycles. The smallest absolute Gasteiger partial charge is 0.171 e. The zero-order valence-corrected chi connectivity index (χ0v) is 24.0. The van der Waals surface area contributed by atoms with E-state index in [9.17, 15) is 0 Å². The Morgan fingerprint density at radius 1 is 0.452 bits per heavy atom. The van der Waals surface area contributed by atoms with Crippen molar-refractivity contribution in [2.24, 2.45) is 0 Å². The summed E-state index contributed by atoms with van der Waals surface area (Å²) in [6.07, 6.45) is 0. The predicted molar refractivity (Wildman–Crippen MR) is 177 cm³/mol. The largest absolute Gasteiger partial charge is 0.488 e. The number of rotatable bonds is 7. The minimum absolute atomic E-state index is 0.432. The van der Waals surface area contributed by atoms with Gasteiger partial charge in [0.05, 0.1) is 0 Å². The molecule has 7 aromatic carbocycles. The molecule has 0 spiro atoms. The molecule has 7 rings (SSSR count). The van der Waals surface area contributed by atoms with Crippen molar-refractivity contribution in [3.8, 4) is 16.9 Å². The van der Waals surface area contributed by atoms with Crippen LogP contribution >= 0.6 is 7.14 Å². The van der Waals surface area contributed by atoms with E-state index >= 15 is 4.57 Å². The van der Waals surface area contributed by atoms with Crippen LogP contribution in [0.25, 0.3) is 32.7 Å². The van der Waals surface area contributed by atoms with E-state index < -0.39 is 7.14 Å². The van der Waals surface area contributed by atoms with Gasteiger partial charge in [-0.2, -0.15) is 0 Å². The lowest BCUT2D eigenvalue weighted by atomic mass is 9.93. The Hall–Kier alpha value is -4.91. The van der Waals surface area contributed by atoms with Gasteiger partial charge in [0.1, 0.15) is 12.4 Å². The number of benzene rings is 7. The molecule has 202 valence electrons. The van der Waals surface area contributed by atoms with E-state index in [1.807, 2.05) is 78.9 Å². The van der Waals surface area contributed by atoms with Crippen molar-refractivity contribution in [3.63, 3.8) is 0 Å². The average molecular weight is 561 g/mol. The zero-order valence-electron chi connectivity index (χ0n) is 23.1. The van der Waals surface area contributed by atoms with Crippen LogP contribution in [0.5, 0.6) is 5.75 Å². The minimum Gasteiger partial charge on any atom is -0.488 e. The SMILES string of the molecule is O=P(c1ccccc1)(c1ccccc1)c1ccc2ccccc2c1-c1c(OCc2ccccc2)ccc2ccccc12. The van der Waals surface area contributed by atoms with E-state index in [0.717, 1.165) is 59.9 Å². The Bertz CT molecular complexity index is 2010. The summed E-state index contributed by atoms with van der Waals surface area (Å²) in [5, 5.41) is 6.72. The van der Waals surface area contributed by atoms with E-state index in [2.05, 4.69) is 84.9 Å². The summed E-state index contributed by atoms with van der Waals surface area (Å²) in [6.45, 7) is 0.432. The third kappa shape index (κ3) is 4.61. The Balaban J connectivity index is 1.58. The van der Waals surface area contributed by atoms with Crippen molar-refractivity contribution >= 4 is 44.6 Å². The van der Waals surface area contributed by atoms with Gasteiger partial charge in [0.25, 0.3) is 0 Å². The molecule has 0 radical (unpaired) electrons. The minimum atomic E-state index is -3.31. The van der Waals surface area contributed by atoms with Crippen LogP contribution in [0.15, 0.2) is 164 Å². The molecule has 0 aliphatic heterocycles. The Kier molecular flexibility index (Phi) is 6.92. The summed E-state index contributed by atoms with van der Waals surface area (Å²) < 4.78 is 22.5. The molecule has 0 aromatic heterocycles. The van der Waals surface area contributed by atoms with Crippen LogP contribution in [-0.4, -0.2) is 0 Å². The van der Waals surface area contributed by atoms with Crippen molar-refractivity contribution < 1.29 is 9.30 Å². The van der Waals surface area contributed by atoms with Crippen LogP contribution in [0, 0.1) is 0 Å². The maximum atomic E-state index is 15.8. The van der Waals surface area contributed by atoms with Crippen LogP contribution in [0.3, 0.4) is 0 Å². The van der Waals surface area contributed by atoms with Gasteiger partial charge in [0.2, 0.25) is 0 Å². The molecule has 2 nitrogen and oxygen atoms in total. The number of ether oxygens (including phenoxy) is 1. The van der Waals surface area contributed by atoms with E-state index in [1.165, 1.54) is 0 Å². The van der Waals surface area contributed by atoms with Gasteiger partial charge in [-0.05, 0) is 39.2 Å². The third-order valence-electron chi connectivity index (χ3n) is 7.86. The normalized spacial score (nSPS) is 11.5. The molecule has 0 N–H and O–H groups in total. The van der Waals surface area contributed by atoms with Crippen molar-refractivity contribution in [2.45, 2.75) is 6.61 Å². The van der Waals surface area contributed by atoms with E-state index in [0.29, 0.717) is 6.61 Å². The first-order chi connectivity index (χ1) is 20.7. The van der Waals surface area contributed by atoms with Gasteiger partial charge in [-0.25, -0.2) is 0 Å². The fourth-order valence-electron chi connectivity index (χ4n) is 5.85. The van der Waals surface area contributed by atoms with Gasteiger partial charge in [-0.1, -0.05) is 152 Å². The fourth-order valence-corrected chi connectivity index (χ4v) is 8.72. The van der Waals surface area contributed by atoms with Gasteiger partial charge in [0, 0.05) is 27.0 Å². The molecule has 0 aliphatic rings. The van der Waals surface area contributed by atoms with Crippen LogP contribution in [0.1, 0.15) is 5.56 Å². The van der Waals surface area contributed by atoms with Gasteiger partial charge in [-0.15, -0.1) is 0 Å². The molecule has 0 aliphatic carbocycles. The molecule has 7 aromatic rings. The first kappa shape index (κ1) is 26.0. The lowest BCUT2D eigenvalue weighted by molar-refractivity contribution is 0.308. The molecule has 0 saturated carbocycles. The first-order valence-electron chi connectivity index (χ1n) is 14.2. The molecule has 0 heterocycles. The second-order valence-corrected chi connectivity index (χ2v) is 13.1. The summed E-state index contributed by atoms with van der Waals surface area (Å²) in [6, 6.07) is 55.1. The Labute approximate surface area is 246 Å². The quantitative estimate of drug-likeness (QED) is 0.182. The molecule has 3 heteroatoms. The average Bonchev–Trinajstić information content (AvgIpc) is 3.07. The van der Waals surface area contributed by atoms with Crippen LogP contribution in [-0.2, 0) is 11.2 Å². The fraction of sp³-hybridized carbons (Fsp3) is 0.0256. The maximum absolute atomic E-state index is 15.8. The standard InChI is InChI=1S/C39H29O2P/c40-42(32-18-6-2-7-19-32,33-20-8-3-9-21-33)37-27-25-31-17-11-13-23-35(31)39(37)38-34-22-12-10-16-30(34)24-26-36(38)41-28-29-14-4-1-5-15-29/h1-27H,28H2. The molecule has 0 unspecified atom stereocenters. The van der Waals surface area contributed by atoms with Gasteiger partial charge in [0.15, 0.2) is 7.14 Å². The van der Waals surface area contributed by atoms with Crippen LogP contribution in [0.2, 0.25) is 0 Å². The molecule has 0 bridgehead atoms. The first-order valence-corrected chi connectivity index (χ1v) is 15.9. The van der Waals surface area contributed by atoms with Crippen LogP contribution < -0.4 is 20.7 Å². The number of fused-ring (bicyclic) bond motifs is 2. The lowest BCUT2D eigenvalue weighted by Crippen LogP contribution is -2.26. The third-order valence-corrected chi connectivity index (χ3v) is 11.0. The maximum Gasteiger partial charge on any atom is 0.171 e. The van der Waals surface area contributed by atoms with E-state index in [-0.39, 0.29) is 0 Å². The van der Waals surface area contributed by atoms with Crippen molar-refractivity contribution in [1.82, 2.24) is 0 Å². The topological polar surface area (TPSA) is 26.3 Å². The highest BCUT2D eigenvalue weighted by Gasteiger charge is 2.34. The summed E-state index contributed by atoms with van der Waals surface area (Å²) in [5.74, 6) is 0.767. The van der Waals surface area contributed by atoms with Crippen molar-refractivity contribution in [1.29, 1.82) is 0 Å². The molecule has 0 amide bonds. The molecule has 42 heavy (non-hydrogen) atoms.